The maximum absolute atomic E-state index is 12.2. The molecule has 1 aliphatic heterocycles. The summed E-state index contributed by atoms with van der Waals surface area (Å²) in [6, 6.07) is 14.4. The Morgan fingerprint density at radius 1 is 1.12 bits per heavy atom. The zero-order chi connectivity index (χ0) is 22.2. The molecule has 3 heterocycles. The van der Waals surface area contributed by atoms with Gasteiger partial charge in [-0.1, -0.05) is 49.3 Å². The van der Waals surface area contributed by atoms with Gasteiger partial charge in [0.1, 0.15) is 5.69 Å². The predicted molar refractivity (Wildman–Crippen MR) is 120 cm³/mol. The van der Waals surface area contributed by atoms with Crippen molar-refractivity contribution in [2.24, 2.45) is 0 Å². The summed E-state index contributed by atoms with van der Waals surface area (Å²) in [7, 11) is 0. The Morgan fingerprint density at radius 3 is 2.69 bits per heavy atom. The lowest BCUT2D eigenvalue weighted by Gasteiger charge is -2.18. The van der Waals surface area contributed by atoms with Crippen molar-refractivity contribution in [3.8, 4) is 11.1 Å². The summed E-state index contributed by atoms with van der Waals surface area (Å²) in [5.41, 5.74) is 5.65. The predicted octanol–water partition coefficient (Wildman–Crippen LogP) is 4.38. The van der Waals surface area contributed by atoms with E-state index >= 15 is 0 Å². The van der Waals surface area contributed by atoms with Crippen molar-refractivity contribution >= 4 is 22.8 Å². The van der Waals surface area contributed by atoms with E-state index in [9.17, 15) is 9.59 Å². The van der Waals surface area contributed by atoms with Crippen LogP contribution in [0.1, 0.15) is 55.3 Å². The lowest BCUT2D eigenvalue weighted by Crippen LogP contribution is -2.39. The average molecular weight is 428 g/mol. The van der Waals surface area contributed by atoms with Gasteiger partial charge in [-0.15, -0.1) is 0 Å². The summed E-state index contributed by atoms with van der Waals surface area (Å²) < 4.78 is 7.45. The Bertz CT molecular complexity index is 1300. The molecule has 2 amide bonds. The largest absolute Gasteiger partial charge is 0.356 e. The second-order valence-electron chi connectivity index (χ2n) is 8.61. The van der Waals surface area contributed by atoms with Crippen LogP contribution in [-0.4, -0.2) is 26.8 Å². The van der Waals surface area contributed by atoms with Gasteiger partial charge in [0.25, 0.3) is 0 Å². The molecular weight excluding hydrogens is 404 g/mol. The van der Waals surface area contributed by atoms with Crippen LogP contribution < -0.4 is 5.32 Å². The van der Waals surface area contributed by atoms with Gasteiger partial charge in [-0.05, 0) is 41.2 Å². The molecule has 0 spiro atoms. The SMILES string of the molecule is CC(C)c1ccc(Cn2cc(-c3ccc4c(C5CCC(=O)NC5=O)noc4c3)cn2)cc1. The molecule has 1 fully saturated rings. The number of hydrogen-bond donors (Lipinski definition) is 1. The summed E-state index contributed by atoms with van der Waals surface area (Å²) in [5.74, 6) is -0.510. The summed E-state index contributed by atoms with van der Waals surface area (Å²) >= 11 is 0. The lowest BCUT2D eigenvalue weighted by molar-refractivity contribution is -0.134. The molecule has 0 aliphatic carbocycles. The van der Waals surface area contributed by atoms with Crippen LogP contribution >= 0.6 is 0 Å². The van der Waals surface area contributed by atoms with Crippen molar-refractivity contribution in [3.05, 3.63) is 71.7 Å². The zero-order valence-corrected chi connectivity index (χ0v) is 18.0. The van der Waals surface area contributed by atoms with E-state index in [-0.39, 0.29) is 11.8 Å². The molecule has 1 aliphatic rings. The van der Waals surface area contributed by atoms with Crippen LogP contribution in [0.25, 0.3) is 22.1 Å². The van der Waals surface area contributed by atoms with Gasteiger partial charge >= 0.3 is 0 Å². The Labute approximate surface area is 185 Å². The van der Waals surface area contributed by atoms with E-state index in [0.29, 0.717) is 36.6 Å². The number of nitrogens with one attached hydrogen (secondary N) is 1. The van der Waals surface area contributed by atoms with Crippen LogP contribution in [0.3, 0.4) is 0 Å². The number of imide groups is 1. The van der Waals surface area contributed by atoms with Crippen LogP contribution in [0, 0.1) is 0 Å². The first-order chi connectivity index (χ1) is 15.5. The first-order valence-electron chi connectivity index (χ1n) is 10.8. The molecule has 4 aromatic rings. The molecule has 7 heteroatoms. The Balaban J connectivity index is 1.36. The molecule has 7 nitrogen and oxygen atoms in total. The minimum absolute atomic E-state index is 0.241. The third-order valence-electron chi connectivity index (χ3n) is 6.03. The highest BCUT2D eigenvalue weighted by molar-refractivity contribution is 6.02. The maximum Gasteiger partial charge on any atom is 0.235 e. The number of benzene rings is 2. The highest BCUT2D eigenvalue weighted by atomic mass is 16.5. The van der Waals surface area contributed by atoms with Gasteiger partial charge < -0.3 is 4.52 Å². The van der Waals surface area contributed by atoms with Crippen LogP contribution in [-0.2, 0) is 16.1 Å². The fourth-order valence-corrected chi connectivity index (χ4v) is 4.14. The van der Waals surface area contributed by atoms with Gasteiger partial charge in [-0.3, -0.25) is 19.6 Å². The van der Waals surface area contributed by atoms with Gasteiger partial charge in [-0.25, -0.2) is 0 Å². The van der Waals surface area contributed by atoms with E-state index < -0.39 is 5.92 Å². The molecule has 1 atom stereocenters. The number of aromatic nitrogens is 3. The van der Waals surface area contributed by atoms with Gasteiger partial charge in [0.05, 0.1) is 18.7 Å². The third-order valence-corrected chi connectivity index (χ3v) is 6.03. The molecule has 0 bridgehead atoms. The minimum atomic E-state index is -0.468. The number of carbonyl (C=O) groups excluding carboxylic acids is 2. The van der Waals surface area contributed by atoms with Crippen molar-refractivity contribution < 1.29 is 14.1 Å². The van der Waals surface area contributed by atoms with Crippen molar-refractivity contribution in [3.63, 3.8) is 0 Å². The number of hydrogen-bond acceptors (Lipinski definition) is 5. The van der Waals surface area contributed by atoms with E-state index in [0.717, 1.165) is 16.5 Å². The topological polar surface area (TPSA) is 90.0 Å². The first-order valence-corrected chi connectivity index (χ1v) is 10.8. The van der Waals surface area contributed by atoms with E-state index in [4.69, 9.17) is 4.52 Å². The van der Waals surface area contributed by atoms with Gasteiger partial charge in [0.15, 0.2) is 5.58 Å². The Morgan fingerprint density at radius 2 is 1.94 bits per heavy atom. The summed E-state index contributed by atoms with van der Waals surface area (Å²) in [6.45, 7) is 5.07. The zero-order valence-electron chi connectivity index (χ0n) is 18.0. The van der Waals surface area contributed by atoms with Crippen molar-refractivity contribution in [2.75, 3.05) is 0 Å². The van der Waals surface area contributed by atoms with Crippen molar-refractivity contribution in [1.82, 2.24) is 20.3 Å². The van der Waals surface area contributed by atoms with Gasteiger partial charge in [0.2, 0.25) is 11.8 Å². The van der Waals surface area contributed by atoms with Crippen molar-refractivity contribution in [1.29, 1.82) is 0 Å². The maximum atomic E-state index is 12.2. The monoisotopic (exact) mass is 428 g/mol. The standard InChI is InChI=1S/C25H24N4O3/c1-15(2)17-5-3-16(4-6-17)13-29-14-19(12-26-29)18-7-8-20-22(11-18)32-28-24(20)21-9-10-23(30)27-25(21)31/h3-8,11-12,14-15,21H,9-10,13H2,1-2H3,(H,27,30,31). The second-order valence-corrected chi connectivity index (χ2v) is 8.61. The number of nitrogens with zero attached hydrogens (tertiary/aromatic N) is 3. The molecule has 1 N–H and O–H groups in total. The fourth-order valence-electron chi connectivity index (χ4n) is 4.14. The van der Waals surface area contributed by atoms with Crippen LogP contribution in [0.5, 0.6) is 0 Å². The van der Waals surface area contributed by atoms with E-state index in [1.54, 1.807) is 0 Å². The summed E-state index contributed by atoms with van der Waals surface area (Å²) in [6.07, 6.45) is 4.59. The molecular formula is C25H24N4O3. The molecule has 0 radical (unpaired) electrons. The van der Waals surface area contributed by atoms with Gasteiger partial charge in [-0.2, -0.15) is 5.10 Å². The molecule has 0 saturated carbocycles. The van der Waals surface area contributed by atoms with Crippen LogP contribution in [0.15, 0.2) is 59.4 Å². The van der Waals surface area contributed by atoms with E-state index in [1.165, 1.54) is 11.1 Å². The smallest absolute Gasteiger partial charge is 0.235 e. The molecule has 2 aromatic carbocycles. The van der Waals surface area contributed by atoms with Crippen molar-refractivity contribution in [2.45, 2.75) is 45.1 Å². The minimum Gasteiger partial charge on any atom is -0.356 e. The number of rotatable bonds is 5. The van der Waals surface area contributed by atoms with E-state index in [1.807, 2.05) is 35.3 Å². The van der Waals surface area contributed by atoms with Gasteiger partial charge in [0, 0.05) is 23.6 Å². The quantitative estimate of drug-likeness (QED) is 0.476. The molecule has 32 heavy (non-hydrogen) atoms. The molecule has 162 valence electrons. The number of carbonyl (C=O) groups is 2. The highest BCUT2D eigenvalue weighted by Gasteiger charge is 2.31. The fraction of sp³-hybridized carbons (Fsp3) is 0.280. The molecule has 2 aromatic heterocycles. The number of piperidine rings is 1. The summed E-state index contributed by atoms with van der Waals surface area (Å²) in [4.78, 5) is 23.6. The Kier molecular flexibility index (Phi) is 5.09. The normalized spacial score (nSPS) is 16.7. The highest BCUT2D eigenvalue weighted by Crippen LogP contribution is 2.32. The Hall–Kier alpha value is -3.74. The summed E-state index contributed by atoms with van der Waals surface area (Å²) in [5, 5.41) is 11.8. The average Bonchev–Trinajstić information content (AvgIpc) is 3.41. The molecule has 5 rings (SSSR count). The van der Waals surface area contributed by atoms with Crippen LogP contribution in [0.2, 0.25) is 0 Å². The first kappa shape index (κ1) is 20.2. The second kappa shape index (κ2) is 8.07. The lowest BCUT2D eigenvalue weighted by atomic mass is 9.92. The van der Waals surface area contributed by atoms with E-state index in [2.05, 4.69) is 53.7 Å². The van der Waals surface area contributed by atoms with Crippen LogP contribution in [0.4, 0.5) is 0 Å². The molecule has 1 saturated heterocycles. The molecule has 1 unspecified atom stereocenters. The number of amides is 2. The number of fused-ring (bicyclic) bond motifs is 1. The third kappa shape index (κ3) is 3.82.